The Hall–Kier alpha value is -3.52. The van der Waals surface area contributed by atoms with Crippen molar-refractivity contribution in [3.05, 3.63) is 61.3 Å². The van der Waals surface area contributed by atoms with Gasteiger partial charge in [0.2, 0.25) is 11.8 Å². The largest absolute Gasteiger partial charge is 0.790 e. The van der Waals surface area contributed by atoms with E-state index >= 15 is 0 Å². The van der Waals surface area contributed by atoms with Crippen LogP contribution in [-0.4, -0.2) is 114 Å². The van der Waals surface area contributed by atoms with Gasteiger partial charge >= 0.3 is 0 Å². The third-order valence-electron chi connectivity index (χ3n) is 10.1. The number of anilines is 1. The van der Waals surface area contributed by atoms with E-state index in [0.717, 1.165) is 73.9 Å². The van der Waals surface area contributed by atoms with Crippen LogP contribution >= 0.6 is 35.2 Å². The summed E-state index contributed by atoms with van der Waals surface area (Å²) in [5.74, 6) is -1.23. The molecule has 8 atom stereocenters. The van der Waals surface area contributed by atoms with E-state index in [-0.39, 0.29) is 41.6 Å². The first-order chi connectivity index (χ1) is 32.9. The molecular formula is C41H62N7O18P3S-4. The Kier molecular flexibility index (Phi) is 25.9. The number of phosphoric ester groups is 3. The van der Waals surface area contributed by atoms with Crippen molar-refractivity contribution in [2.75, 3.05) is 37.8 Å². The molecule has 1 saturated heterocycles. The highest BCUT2D eigenvalue weighted by Crippen LogP contribution is 2.56. The standard InChI is InChI=1S/C41H66N7O18P3S/c1-4-5-15-18-29(49)19-16-13-11-9-7-6-8-10-12-14-17-20-32(51)70-24-23-43-31(50)21-22-44-39(54)36(53)41(2,3)26-63-69(60,61)66-68(58,59)62-25-30-35(65-67(55,56)57)34(52)40(64-30)48-28-47-33-37(42)45-27-46-38(33)48/h6-7,10-13,16,19,27-30,34-36,40,49,52-53H,4-5,8-9,14-15,17-18,20-26H2,1-3H3,(H,43,50)(H,44,54)(H,58,59)(H,60,61)(H2,42,45,46)(H2,55,56,57)/p-4/b7-6-,12-10-,13-11-,19-16+/t29?,30-,34-,35-,36+,40-/m1/s1. The number of ether oxygens (including phenoxy) is 1. The van der Waals surface area contributed by atoms with Gasteiger partial charge in [-0.25, -0.2) is 19.3 Å². The third kappa shape index (κ3) is 22.5. The number of thioether (sulfide) groups is 1. The second kappa shape index (κ2) is 29.9. The van der Waals surface area contributed by atoms with Crippen molar-refractivity contribution in [1.82, 2.24) is 30.2 Å². The predicted molar refractivity (Wildman–Crippen MR) is 248 cm³/mol. The van der Waals surface area contributed by atoms with Crippen molar-refractivity contribution in [2.24, 2.45) is 5.41 Å². The molecule has 0 radical (unpaired) electrons. The van der Waals surface area contributed by atoms with Crippen molar-refractivity contribution in [3.63, 3.8) is 0 Å². The third-order valence-corrected chi connectivity index (χ3v) is 14.0. The first kappa shape index (κ1) is 60.8. The van der Waals surface area contributed by atoms with Gasteiger partial charge in [0.25, 0.3) is 15.6 Å². The molecular weight excluding hydrogens is 1000 g/mol. The SMILES string of the molecule is CCCCCC(O)/C=C/C=C\C/C=C\C/C=C\CCCC(=O)SCCNC(=O)CCNC(=O)[C@H](O)C(C)(C)COP(=O)([O-])OP(=O)([O-])OC[C@H]1O[C@@H](n2cnc3c(N)ncnc32)[C@H](O)[C@@H]1OP(=O)([O-])[O-]. The van der Waals surface area contributed by atoms with E-state index in [9.17, 15) is 63.0 Å². The number of unbranched alkanes of at least 4 members (excludes halogenated alkanes) is 3. The van der Waals surface area contributed by atoms with Crippen LogP contribution in [0.2, 0.25) is 0 Å². The smallest absolute Gasteiger partial charge is 0.274 e. The number of phosphoric acid groups is 3. The van der Waals surface area contributed by atoms with Gasteiger partial charge in [-0.2, -0.15) is 0 Å². The fourth-order valence-corrected chi connectivity index (χ4v) is 9.78. The van der Waals surface area contributed by atoms with Crippen LogP contribution in [0.5, 0.6) is 0 Å². The zero-order valence-electron chi connectivity index (χ0n) is 38.9. The van der Waals surface area contributed by atoms with Gasteiger partial charge in [0.05, 0.1) is 33.5 Å². The predicted octanol–water partition coefficient (Wildman–Crippen LogP) is 1.25. The normalized spacial score (nSPS) is 20.7. The molecule has 2 aromatic heterocycles. The molecule has 0 saturated carbocycles. The summed E-state index contributed by atoms with van der Waals surface area (Å²) in [6.45, 7) is 2.20. The van der Waals surface area contributed by atoms with Crippen LogP contribution in [0.3, 0.4) is 0 Å². The molecule has 0 aromatic carbocycles. The molecule has 0 aliphatic carbocycles. The van der Waals surface area contributed by atoms with E-state index < -0.39 is 90.7 Å². The molecule has 3 heterocycles. The Morgan fingerprint density at radius 3 is 2.36 bits per heavy atom. The van der Waals surface area contributed by atoms with Gasteiger partial charge in [-0.1, -0.05) is 100 Å². The number of rotatable bonds is 33. The molecule has 0 bridgehead atoms. The summed E-state index contributed by atoms with van der Waals surface area (Å²) in [4.78, 5) is 96.8. The van der Waals surface area contributed by atoms with Crippen LogP contribution in [0.25, 0.3) is 11.2 Å². The number of allylic oxidation sites excluding steroid dienone is 7. The minimum Gasteiger partial charge on any atom is -0.790 e. The van der Waals surface area contributed by atoms with E-state index in [2.05, 4.69) is 62.5 Å². The van der Waals surface area contributed by atoms with Crippen molar-refractivity contribution >= 4 is 69.1 Å². The van der Waals surface area contributed by atoms with E-state index in [1.807, 2.05) is 30.4 Å². The van der Waals surface area contributed by atoms with Crippen molar-refractivity contribution in [2.45, 2.75) is 122 Å². The van der Waals surface area contributed by atoms with Gasteiger partial charge in [-0.15, -0.1) is 0 Å². The van der Waals surface area contributed by atoms with Crippen LogP contribution in [0.15, 0.2) is 61.3 Å². The van der Waals surface area contributed by atoms with Gasteiger partial charge < -0.3 is 74.1 Å². The summed E-state index contributed by atoms with van der Waals surface area (Å²) in [5.41, 5.74) is 4.07. The maximum atomic E-state index is 12.6. The number of amides is 2. The summed E-state index contributed by atoms with van der Waals surface area (Å²) in [6, 6.07) is 0. The number of imidazole rings is 1. The van der Waals surface area contributed by atoms with E-state index in [0.29, 0.717) is 18.6 Å². The average Bonchev–Trinajstić information content (AvgIpc) is 3.84. The second-order valence-electron chi connectivity index (χ2n) is 16.4. The van der Waals surface area contributed by atoms with Crippen LogP contribution in [0.1, 0.15) is 91.2 Å². The number of aliphatic hydroxyl groups is 3. The lowest BCUT2D eigenvalue weighted by Crippen LogP contribution is -2.46. The number of fused-ring (bicyclic) bond motifs is 1. The van der Waals surface area contributed by atoms with E-state index in [1.54, 1.807) is 6.08 Å². The number of hydrogen-bond acceptors (Lipinski definition) is 23. The minimum absolute atomic E-state index is 0.0162. The van der Waals surface area contributed by atoms with Gasteiger partial charge in [-0.3, -0.25) is 28.1 Å². The molecule has 2 aromatic rings. The number of nitrogens with two attached hydrogens (primary N) is 1. The lowest BCUT2D eigenvalue weighted by molar-refractivity contribution is -0.347. The summed E-state index contributed by atoms with van der Waals surface area (Å²) in [6.07, 6.45) is 15.1. The Morgan fingerprint density at radius 2 is 1.64 bits per heavy atom. The fourth-order valence-electron chi connectivity index (χ4n) is 6.32. The summed E-state index contributed by atoms with van der Waals surface area (Å²) < 4.78 is 60.8. The number of nitrogens with zero attached hydrogens (tertiary/aromatic N) is 4. The van der Waals surface area contributed by atoms with Gasteiger partial charge in [0.1, 0.15) is 36.3 Å². The zero-order valence-corrected chi connectivity index (χ0v) is 42.4. The molecule has 2 amide bonds. The first-order valence-corrected chi connectivity index (χ1v) is 27.6. The number of aromatic nitrogens is 4. The Morgan fingerprint density at radius 1 is 0.943 bits per heavy atom. The monoisotopic (exact) mass is 1070 g/mol. The highest BCUT2D eigenvalue weighted by molar-refractivity contribution is 8.13. The number of nitrogen functional groups attached to an aromatic ring is 1. The molecule has 25 nitrogen and oxygen atoms in total. The summed E-state index contributed by atoms with van der Waals surface area (Å²) in [5, 5.41) is 36.2. The van der Waals surface area contributed by atoms with Crippen LogP contribution in [0, 0.1) is 5.41 Å². The summed E-state index contributed by atoms with van der Waals surface area (Å²) >= 11 is 1.09. The van der Waals surface area contributed by atoms with Gasteiger partial charge in [0, 0.05) is 37.1 Å². The molecule has 29 heteroatoms. The van der Waals surface area contributed by atoms with E-state index in [1.165, 1.54) is 13.8 Å². The zero-order chi connectivity index (χ0) is 52.0. The Balaban J connectivity index is 1.30. The number of carbonyl (C=O) groups excluding carboxylic acids is 3. The maximum absolute atomic E-state index is 12.6. The van der Waals surface area contributed by atoms with Gasteiger partial charge in [0.15, 0.2) is 22.8 Å². The highest BCUT2D eigenvalue weighted by Gasteiger charge is 2.47. The van der Waals surface area contributed by atoms with Crippen molar-refractivity contribution in [3.8, 4) is 0 Å². The molecule has 3 unspecified atom stereocenters. The number of aliphatic hydroxyl groups excluding tert-OH is 3. The second-order valence-corrected chi connectivity index (χ2v) is 21.6. The van der Waals surface area contributed by atoms with Gasteiger partial charge in [-0.05, 0) is 32.1 Å². The molecule has 394 valence electrons. The average molecular weight is 1070 g/mol. The molecule has 1 fully saturated rings. The highest BCUT2D eigenvalue weighted by atomic mass is 32.2. The van der Waals surface area contributed by atoms with Crippen molar-refractivity contribution < 1.29 is 85.6 Å². The number of hydrogen-bond donors (Lipinski definition) is 6. The first-order valence-electron chi connectivity index (χ1n) is 22.2. The number of carbonyl (C=O) groups is 3. The molecule has 0 spiro atoms. The quantitative estimate of drug-likeness (QED) is 0.0253. The molecule has 1 aliphatic heterocycles. The fraction of sp³-hybridized carbons (Fsp3) is 0.610. The van der Waals surface area contributed by atoms with E-state index in [4.69, 9.17) is 10.5 Å². The van der Waals surface area contributed by atoms with Crippen LogP contribution < -0.4 is 35.9 Å². The Labute approximate surface area is 409 Å². The topological polar surface area (TPSA) is 395 Å². The Bertz CT molecular complexity index is 2260. The minimum atomic E-state index is -5.93. The van der Waals surface area contributed by atoms with Crippen molar-refractivity contribution in [1.29, 1.82) is 0 Å². The molecule has 3 rings (SSSR count). The number of nitrogens with one attached hydrogen (secondary N) is 2. The lowest BCUT2D eigenvalue weighted by Gasteiger charge is -2.36. The molecule has 70 heavy (non-hydrogen) atoms. The lowest BCUT2D eigenvalue weighted by atomic mass is 9.87. The maximum Gasteiger partial charge on any atom is 0.274 e. The summed E-state index contributed by atoms with van der Waals surface area (Å²) in [7, 11) is -17.6. The molecule has 7 N–H and O–H groups in total. The molecule has 1 aliphatic rings. The van der Waals surface area contributed by atoms with Crippen LogP contribution in [0.4, 0.5) is 5.82 Å². The van der Waals surface area contributed by atoms with Crippen LogP contribution in [-0.2, 0) is 50.7 Å².